The summed E-state index contributed by atoms with van der Waals surface area (Å²) in [5.74, 6) is 0.609. The maximum Gasteiger partial charge on any atom is 0.227 e. The zero-order valence-corrected chi connectivity index (χ0v) is 29.4. The van der Waals surface area contributed by atoms with Crippen molar-refractivity contribution in [1.82, 2.24) is 4.98 Å². The van der Waals surface area contributed by atoms with Crippen molar-refractivity contribution in [3.8, 4) is 44.8 Å². The van der Waals surface area contributed by atoms with E-state index >= 15 is 0 Å². The lowest BCUT2D eigenvalue weighted by atomic mass is 9.90. The van der Waals surface area contributed by atoms with Crippen molar-refractivity contribution in [2.45, 2.75) is 0 Å². The summed E-state index contributed by atoms with van der Waals surface area (Å²) in [5, 5.41) is 4.58. The van der Waals surface area contributed by atoms with E-state index in [-0.39, 0.29) is 0 Å². The van der Waals surface area contributed by atoms with Crippen molar-refractivity contribution in [2.24, 2.45) is 0 Å². The number of oxazole rings is 1. The SMILES string of the molecule is c1ccc(-c2ccc(N(c3ccc(-c4cccc5ccccc45)c(-c4ccccc4)c3)c3cc4oc(-c5ccccc5)nc4c4ccccc34)cc2)cc1. The topological polar surface area (TPSA) is 29.3 Å². The molecule has 0 aliphatic heterocycles. The van der Waals surface area contributed by atoms with Gasteiger partial charge >= 0.3 is 0 Å². The molecule has 0 saturated carbocycles. The van der Waals surface area contributed by atoms with E-state index in [4.69, 9.17) is 9.40 Å². The zero-order chi connectivity index (χ0) is 35.8. The second-order valence-electron chi connectivity index (χ2n) is 13.5. The van der Waals surface area contributed by atoms with Gasteiger partial charge in [-0.3, -0.25) is 0 Å². The number of benzene rings is 9. The first-order chi connectivity index (χ1) is 26.8. The molecule has 0 bridgehead atoms. The molecule has 10 rings (SSSR count). The lowest BCUT2D eigenvalue weighted by Gasteiger charge is -2.28. The van der Waals surface area contributed by atoms with Gasteiger partial charge in [-0.25, -0.2) is 4.98 Å². The van der Waals surface area contributed by atoms with E-state index in [1.54, 1.807) is 0 Å². The number of aromatic nitrogens is 1. The number of hydrogen-bond donors (Lipinski definition) is 0. The van der Waals surface area contributed by atoms with Crippen LogP contribution in [0.15, 0.2) is 211 Å². The molecular formula is C51H34N2O. The fraction of sp³-hybridized carbons (Fsp3) is 0. The summed E-state index contributed by atoms with van der Waals surface area (Å²) >= 11 is 0. The molecule has 0 unspecified atom stereocenters. The molecule has 0 spiro atoms. The van der Waals surface area contributed by atoms with Gasteiger partial charge in [-0.15, -0.1) is 0 Å². The molecule has 10 aromatic rings. The molecule has 1 heterocycles. The summed E-state index contributed by atoms with van der Waals surface area (Å²) in [6, 6.07) is 73.0. The molecule has 0 fully saturated rings. The Kier molecular flexibility index (Phi) is 7.81. The van der Waals surface area contributed by atoms with Crippen molar-refractivity contribution in [3.05, 3.63) is 206 Å². The Bertz CT molecular complexity index is 2910. The number of nitrogens with zero attached hydrogens (tertiary/aromatic N) is 2. The molecule has 254 valence electrons. The third-order valence-corrected chi connectivity index (χ3v) is 10.3. The van der Waals surface area contributed by atoms with E-state index in [0.29, 0.717) is 5.89 Å². The fourth-order valence-electron chi connectivity index (χ4n) is 7.71. The molecule has 0 N–H and O–H groups in total. The third kappa shape index (κ3) is 5.60. The molecule has 0 aliphatic rings. The van der Waals surface area contributed by atoms with Crippen LogP contribution in [-0.4, -0.2) is 4.98 Å². The fourth-order valence-corrected chi connectivity index (χ4v) is 7.71. The van der Waals surface area contributed by atoms with Gasteiger partial charge < -0.3 is 9.32 Å². The van der Waals surface area contributed by atoms with E-state index in [1.165, 1.54) is 33.0 Å². The van der Waals surface area contributed by atoms with Crippen LogP contribution in [0.3, 0.4) is 0 Å². The van der Waals surface area contributed by atoms with Crippen LogP contribution < -0.4 is 4.90 Å². The van der Waals surface area contributed by atoms with Gasteiger partial charge in [0.1, 0.15) is 5.52 Å². The summed E-state index contributed by atoms with van der Waals surface area (Å²) in [5.41, 5.74) is 12.7. The van der Waals surface area contributed by atoms with Crippen LogP contribution >= 0.6 is 0 Å². The Morgan fingerprint density at radius 3 is 1.69 bits per heavy atom. The van der Waals surface area contributed by atoms with Crippen molar-refractivity contribution < 1.29 is 4.42 Å². The molecule has 0 amide bonds. The Hall–Kier alpha value is -7.23. The predicted molar refractivity (Wildman–Crippen MR) is 225 cm³/mol. The number of rotatable bonds is 7. The highest BCUT2D eigenvalue weighted by Crippen LogP contribution is 2.46. The smallest absolute Gasteiger partial charge is 0.227 e. The van der Waals surface area contributed by atoms with Crippen LogP contribution in [0.1, 0.15) is 0 Å². The first-order valence-electron chi connectivity index (χ1n) is 18.3. The number of anilines is 3. The van der Waals surface area contributed by atoms with Crippen molar-refractivity contribution >= 4 is 49.7 Å². The lowest BCUT2D eigenvalue weighted by Crippen LogP contribution is -2.11. The molecule has 1 aromatic heterocycles. The lowest BCUT2D eigenvalue weighted by molar-refractivity contribution is 0.620. The van der Waals surface area contributed by atoms with Gasteiger partial charge in [-0.2, -0.15) is 0 Å². The highest BCUT2D eigenvalue weighted by atomic mass is 16.3. The molecule has 0 aliphatic carbocycles. The second kappa shape index (κ2) is 13.4. The molecule has 3 nitrogen and oxygen atoms in total. The summed E-state index contributed by atoms with van der Waals surface area (Å²) < 4.78 is 6.57. The van der Waals surface area contributed by atoms with Gasteiger partial charge in [0.25, 0.3) is 0 Å². The maximum absolute atomic E-state index is 6.57. The average molecular weight is 691 g/mol. The van der Waals surface area contributed by atoms with E-state index in [2.05, 4.69) is 181 Å². The Balaban J connectivity index is 1.22. The van der Waals surface area contributed by atoms with E-state index in [1.807, 2.05) is 30.3 Å². The Labute approximate surface area is 314 Å². The molecule has 0 saturated heterocycles. The van der Waals surface area contributed by atoms with Crippen LogP contribution in [-0.2, 0) is 0 Å². The van der Waals surface area contributed by atoms with Crippen LogP contribution in [0.5, 0.6) is 0 Å². The molecule has 54 heavy (non-hydrogen) atoms. The third-order valence-electron chi connectivity index (χ3n) is 10.3. The Morgan fingerprint density at radius 1 is 0.370 bits per heavy atom. The quantitative estimate of drug-likeness (QED) is 0.167. The molecule has 3 heteroatoms. The predicted octanol–water partition coefficient (Wildman–Crippen LogP) is 14.3. The maximum atomic E-state index is 6.57. The van der Waals surface area contributed by atoms with Crippen LogP contribution in [0.25, 0.3) is 77.5 Å². The minimum Gasteiger partial charge on any atom is -0.436 e. The largest absolute Gasteiger partial charge is 0.436 e. The number of hydrogen-bond acceptors (Lipinski definition) is 3. The second-order valence-corrected chi connectivity index (χ2v) is 13.5. The molecule has 0 radical (unpaired) electrons. The first kappa shape index (κ1) is 31.5. The van der Waals surface area contributed by atoms with Gasteiger partial charge in [0.05, 0.1) is 5.69 Å². The number of fused-ring (bicyclic) bond motifs is 4. The zero-order valence-electron chi connectivity index (χ0n) is 29.4. The van der Waals surface area contributed by atoms with Gasteiger partial charge in [-0.1, -0.05) is 164 Å². The Morgan fingerprint density at radius 2 is 0.944 bits per heavy atom. The van der Waals surface area contributed by atoms with Crippen molar-refractivity contribution in [1.29, 1.82) is 0 Å². The van der Waals surface area contributed by atoms with Gasteiger partial charge in [0, 0.05) is 33.8 Å². The summed E-state index contributed by atoms with van der Waals surface area (Å²) in [6.07, 6.45) is 0. The first-order valence-corrected chi connectivity index (χ1v) is 18.3. The van der Waals surface area contributed by atoms with Crippen molar-refractivity contribution in [3.63, 3.8) is 0 Å². The average Bonchev–Trinajstić information content (AvgIpc) is 3.70. The van der Waals surface area contributed by atoms with Gasteiger partial charge in [-0.05, 0) is 80.6 Å². The van der Waals surface area contributed by atoms with Gasteiger partial charge in [0.2, 0.25) is 5.89 Å². The molecule has 9 aromatic carbocycles. The van der Waals surface area contributed by atoms with Crippen LogP contribution in [0.2, 0.25) is 0 Å². The van der Waals surface area contributed by atoms with Crippen LogP contribution in [0, 0.1) is 0 Å². The normalized spacial score (nSPS) is 11.3. The van der Waals surface area contributed by atoms with E-state index in [9.17, 15) is 0 Å². The summed E-state index contributed by atoms with van der Waals surface area (Å²) in [4.78, 5) is 7.40. The molecule has 0 atom stereocenters. The van der Waals surface area contributed by atoms with E-state index in [0.717, 1.165) is 55.6 Å². The molecular weight excluding hydrogens is 657 g/mol. The van der Waals surface area contributed by atoms with Crippen molar-refractivity contribution in [2.75, 3.05) is 4.90 Å². The van der Waals surface area contributed by atoms with E-state index < -0.39 is 0 Å². The minimum absolute atomic E-state index is 0.609. The van der Waals surface area contributed by atoms with Gasteiger partial charge in [0.15, 0.2) is 5.58 Å². The standard InChI is InChI=1S/C51H34N2O/c1-4-15-35(16-5-1)36-27-29-40(30-28-36)53(48-34-49-50(46-25-13-12-24-45(46)48)52-51(54-49)39-20-8-3-9-21-39)41-31-32-44(47(33-41)38-17-6-2-7-18-38)43-26-14-22-37-19-10-11-23-42(37)43/h1-34H. The minimum atomic E-state index is 0.609. The monoisotopic (exact) mass is 690 g/mol. The summed E-state index contributed by atoms with van der Waals surface area (Å²) in [6.45, 7) is 0. The van der Waals surface area contributed by atoms with Crippen LogP contribution in [0.4, 0.5) is 17.1 Å². The highest BCUT2D eigenvalue weighted by Gasteiger charge is 2.22. The highest BCUT2D eigenvalue weighted by molar-refractivity contribution is 6.12. The summed E-state index contributed by atoms with van der Waals surface area (Å²) in [7, 11) is 0.